The fourth-order valence-corrected chi connectivity index (χ4v) is 2.01. The summed E-state index contributed by atoms with van der Waals surface area (Å²) in [6.45, 7) is 1.47. The number of ether oxygens (including phenoxy) is 1. The Bertz CT molecular complexity index is 408. The first-order valence-corrected chi connectivity index (χ1v) is 5.55. The molecule has 1 saturated heterocycles. The molecule has 0 aliphatic carbocycles. The van der Waals surface area contributed by atoms with Crippen LogP contribution in [-0.2, 0) is 4.74 Å². The fourth-order valence-electron chi connectivity index (χ4n) is 1.59. The summed E-state index contributed by atoms with van der Waals surface area (Å²) < 4.78 is 44.6. The zero-order valence-corrected chi connectivity index (χ0v) is 9.78. The average molecular weight is 296 g/mol. The van der Waals surface area contributed by atoms with Gasteiger partial charge in [0.05, 0.1) is 17.2 Å². The van der Waals surface area contributed by atoms with E-state index in [0.717, 1.165) is 6.07 Å². The number of hydrogen-bond acceptors (Lipinski definition) is 2. The van der Waals surface area contributed by atoms with E-state index in [4.69, 9.17) is 4.74 Å². The molecule has 0 radical (unpaired) electrons. The van der Waals surface area contributed by atoms with E-state index in [1.165, 1.54) is 0 Å². The Morgan fingerprint density at radius 2 is 2.06 bits per heavy atom. The molecular formula is C10H9BrF3NO. The maximum atomic E-state index is 13.7. The van der Waals surface area contributed by atoms with E-state index < -0.39 is 28.0 Å². The van der Waals surface area contributed by atoms with Gasteiger partial charge in [-0.05, 0) is 22.0 Å². The zero-order valence-electron chi connectivity index (χ0n) is 8.20. The van der Waals surface area contributed by atoms with Crippen LogP contribution in [0, 0.1) is 17.5 Å². The molecule has 2 rings (SSSR count). The van der Waals surface area contributed by atoms with Crippen LogP contribution in [0.5, 0.6) is 0 Å². The SMILES string of the molecule is Fc1cc(C2CNCCO2)c(F)c(Br)c1F. The van der Waals surface area contributed by atoms with Crippen LogP contribution in [0.15, 0.2) is 10.5 Å². The number of nitrogens with one attached hydrogen (secondary N) is 1. The molecule has 1 heterocycles. The summed E-state index contributed by atoms with van der Waals surface area (Å²) in [4.78, 5) is 0. The van der Waals surface area contributed by atoms with E-state index in [0.29, 0.717) is 19.7 Å². The lowest BCUT2D eigenvalue weighted by atomic mass is 10.1. The molecule has 1 aliphatic rings. The predicted octanol–water partition coefficient (Wildman–Crippen LogP) is 2.53. The van der Waals surface area contributed by atoms with Crippen molar-refractivity contribution in [2.45, 2.75) is 6.10 Å². The number of benzene rings is 1. The van der Waals surface area contributed by atoms with Gasteiger partial charge < -0.3 is 10.1 Å². The van der Waals surface area contributed by atoms with Crippen LogP contribution in [0.3, 0.4) is 0 Å². The minimum absolute atomic E-state index is 0.0259. The van der Waals surface area contributed by atoms with Gasteiger partial charge in [0.15, 0.2) is 11.6 Å². The van der Waals surface area contributed by atoms with Crippen LogP contribution in [0.2, 0.25) is 0 Å². The van der Waals surface area contributed by atoms with Gasteiger partial charge >= 0.3 is 0 Å². The summed E-state index contributed by atoms with van der Waals surface area (Å²) in [5, 5.41) is 2.99. The van der Waals surface area contributed by atoms with Crippen molar-refractivity contribution >= 4 is 15.9 Å². The molecule has 0 amide bonds. The van der Waals surface area contributed by atoms with Crippen molar-refractivity contribution in [2.24, 2.45) is 0 Å². The van der Waals surface area contributed by atoms with Gasteiger partial charge in [-0.1, -0.05) is 0 Å². The van der Waals surface area contributed by atoms with Crippen molar-refractivity contribution in [3.05, 3.63) is 33.6 Å². The van der Waals surface area contributed by atoms with Crippen molar-refractivity contribution in [1.82, 2.24) is 5.32 Å². The zero-order chi connectivity index (χ0) is 11.7. The number of morpholine rings is 1. The molecule has 16 heavy (non-hydrogen) atoms. The summed E-state index contributed by atoms with van der Waals surface area (Å²) in [6.07, 6.45) is -0.583. The lowest BCUT2D eigenvalue weighted by molar-refractivity contribution is 0.0251. The van der Waals surface area contributed by atoms with Crippen LogP contribution in [-0.4, -0.2) is 19.7 Å². The normalized spacial score (nSPS) is 21.1. The Balaban J connectivity index is 2.40. The third-order valence-electron chi connectivity index (χ3n) is 2.41. The third-order valence-corrected chi connectivity index (χ3v) is 3.10. The Morgan fingerprint density at radius 1 is 1.31 bits per heavy atom. The maximum absolute atomic E-state index is 13.7. The molecule has 2 nitrogen and oxygen atoms in total. The van der Waals surface area contributed by atoms with Gasteiger partial charge in [-0.3, -0.25) is 0 Å². The molecule has 1 fully saturated rings. The van der Waals surface area contributed by atoms with Crippen LogP contribution in [0.1, 0.15) is 11.7 Å². The van der Waals surface area contributed by atoms with Gasteiger partial charge in [-0.2, -0.15) is 0 Å². The van der Waals surface area contributed by atoms with Gasteiger partial charge in [-0.25, -0.2) is 13.2 Å². The van der Waals surface area contributed by atoms with Gasteiger partial charge in [-0.15, -0.1) is 0 Å². The van der Waals surface area contributed by atoms with Crippen LogP contribution < -0.4 is 5.32 Å². The second-order valence-corrected chi connectivity index (χ2v) is 4.25. The molecular weight excluding hydrogens is 287 g/mol. The van der Waals surface area contributed by atoms with Crippen LogP contribution >= 0.6 is 15.9 Å². The largest absolute Gasteiger partial charge is 0.371 e. The molecule has 1 atom stereocenters. The number of halogens is 4. The topological polar surface area (TPSA) is 21.3 Å². The van der Waals surface area contributed by atoms with Crippen LogP contribution in [0.4, 0.5) is 13.2 Å². The van der Waals surface area contributed by atoms with Crippen molar-refractivity contribution in [3.8, 4) is 0 Å². The van der Waals surface area contributed by atoms with Gasteiger partial charge in [0, 0.05) is 18.7 Å². The molecule has 88 valence electrons. The first kappa shape index (κ1) is 11.9. The summed E-state index contributed by atoms with van der Waals surface area (Å²) >= 11 is 2.68. The van der Waals surface area contributed by atoms with E-state index >= 15 is 0 Å². The minimum atomic E-state index is -1.22. The average Bonchev–Trinajstić information content (AvgIpc) is 2.32. The monoisotopic (exact) mass is 295 g/mol. The molecule has 6 heteroatoms. The highest BCUT2D eigenvalue weighted by Crippen LogP contribution is 2.30. The highest BCUT2D eigenvalue weighted by atomic mass is 79.9. The Labute approximate surface area is 98.9 Å². The van der Waals surface area contributed by atoms with E-state index in [1.807, 2.05) is 0 Å². The highest BCUT2D eigenvalue weighted by Gasteiger charge is 2.24. The number of rotatable bonds is 1. The smallest absolute Gasteiger partial charge is 0.175 e. The quantitative estimate of drug-likeness (QED) is 0.635. The lowest BCUT2D eigenvalue weighted by Crippen LogP contribution is -2.34. The summed E-state index contributed by atoms with van der Waals surface area (Å²) in [5.41, 5.74) is 0.0259. The van der Waals surface area contributed by atoms with Crippen molar-refractivity contribution in [2.75, 3.05) is 19.7 Å². The first-order chi connectivity index (χ1) is 7.61. The van der Waals surface area contributed by atoms with E-state index in [-0.39, 0.29) is 5.56 Å². The minimum Gasteiger partial charge on any atom is -0.371 e. The van der Waals surface area contributed by atoms with E-state index in [2.05, 4.69) is 21.2 Å². The summed E-state index contributed by atoms with van der Waals surface area (Å²) in [7, 11) is 0. The first-order valence-electron chi connectivity index (χ1n) is 4.76. The molecule has 1 aromatic rings. The summed E-state index contributed by atoms with van der Waals surface area (Å²) in [5.74, 6) is -3.12. The molecule has 1 aromatic carbocycles. The van der Waals surface area contributed by atoms with Gasteiger partial charge in [0.1, 0.15) is 5.82 Å². The standard InChI is InChI=1S/C10H9BrF3NO/c11-8-9(13)5(3-6(12)10(8)14)7-4-15-1-2-16-7/h3,7,15H,1-2,4H2. The fraction of sp³-hybridized carbons (Fsp3) is 0.400. The predicted molar refractivity (Wildman–Crippen MR) is 55.6 cm³/mol. The summed E-state index contributed by atoms with van der Waals surface area (Å²) in [6, 6.07) is 0.840. The second kappa shape index (κ2) is 4.73. The molecule has 0 spiro atoms. The molecule has 0 aromatic heterocycles. The van der Waals surface area contributed by atoms with Gasteiger partial charge in [0.25, 0.3) is 0 Å². The molecule has 0 saturated carbocycles. The molecule has 0 bridgehead atoms. The highest BCUT2D eigenvalue weighted by molar-refractivity contribution is 9.10. The van der Waals surface area contributed by atoms with E-state index in [9.17, 15) is 13.2 Å². The van der Waals surface area contributed by atoms with E-state index in [1.54, 1.807) is 0 Å². The van der Waals surface area contributed by atoms with Crippen molar-refractivity contribution in [3.63, 3.8) is 0 Å². The molecule has 1 aliphatic heterocycles. The Morgan fingerprint density at radius 3 is 2.69 bits per heavy atom. The second-order valence-electron chi connectivity index (χ2n) is 3.45. The van der Waals surface area contributed by atoms with Gasteiger partial charge in [0.2, 0.25) is 0 Å². The maximum Gasteiger partial charge on any atom is 0.175 e. The molecule has 1 N–H and O–H groups in total. The number of hydrogen-bond donors (Lipinski definition) is 1. The molecule has 1 unspecified atom stereocenters. The Hall–Kier alpha value is -0.590. The van der Waals surface area contributed by atoms with Crippen molar-refractivity contribution in [1.29, 1.82) is 0 Å². The lowest BCUT2D eigenvalue weighted by Gasteiger charge is -2.24. The van der Waals surface area contributed by atoms with Crippen molar-refractivity contribution < 1.29 is 17.9 Å². The Kier molecular flexibility index (Phi) is 3.51. The third kappa shape index (κ3) is 2.09. The van der Waals surface area contributed by atoms with Crippen LogP contribution in [0.25, 0.3) is 0 Å².